The molecule has 0 saturated heterocycles. The van der Waals surface area contributed by atoms with Crippen LogP contribution in [0.5, 0.6) is 11.6 Å². The van der Waals surface area contributed by atoms with Crippen LogP contribution < -0.4 is 0 Å². The molecule has 7 heteroatoms. The fraction of sp³-hybridized carbons (Fsp3) is 0.300. The number of aromatic nitrogens is 4. The lowest BCUT2D eigenvalue weighted by Gasteiger charge is -2.18. The van der Waals surface area contributed by atoms with Gasteiger partial charge in [0.25, 0.3) is 0 Å². The molecule has 6 nitrogen and oxygen atoms in total. The maximum Gasteiger partial charge on any atom is 0.232 e. The molecule has 0 amide bonds. The molecule has 0 aliphatic carbocycles. The lowest BCUT2D eigenvalue weighted by Crippen LogP contribution is -2.11. The highest BCUT2D eigenvalue weighted by Crippen LogP contribution is 2.33. The number of hydrogen-bond acceptors (Lipinski definition) is 5. The van der Waals surface area contributed by atoms with Crippen molar-refractivity contribution in [2.45, 2.75) is 37.9 Å². The predicted octanol–water partition coefficient (Wildman–Crippen LogP) is 3.90. The van der Waals surface area contributed by atoms with Crippen molar-refractivity contribution in [1.82, 2.24) is 19.0 Å². The van der Waals surface area contributed by atoms with E-state index in [-0.39, 0.29) is 17.5 Å². The summed E-state index contributed by atoms with van der Waals surface area (Å²) in [5.74, 6) is 0.243. The fourth-order valence-corrected chi connectivity index (χ4v) is 3.61. The molecule has 140 valence electrons. The molecule has 4 aromatic heterocycles. The first-order chi connectivity index (χ1) is 12.7. The zero-order valence-electron chi connectivity index (χ0n) is 15.5. The first kappa shape index (κ1) is 17.7. The number of hydrogen-bond donors (Lipinski definition) is 3. The van der Waals surface area contributed by atoms with Gasteiger partial charge in [-0.1, -0.05) is 6.92 Å². The van der Waals surface area contributed by atoms with Gasteiger partial charge in [0.2, 0.25) is 5.88 Å². The van der Waals surface area contributed by atoms with Crippen molar-refractivity contribution < 1.29 is 10.2 Å². The summed E-state index contributed by atoms with van der Waals surface area (Å²) >= 11 is 4.52. The Bertz CT molecular complexity index is 1140. The van der Waals surface area contributed by atoms with Crippen LogP contribution in [-0.4, -0.2) is 29.2 Å². The Balaban J connectivity index is 1.67. The monoisotopic (exact) mass is 382 g/mol. The standard InChI is InChI=1S/C20H22N4O2S/c1-12(15-9-14-5-4-6-24(14)22-19(15)26)7-13-8-17-21-18(20(2,3)27)16(25)11-23(17)10-13/h4-6,8-12,25,27H,7H2,1-3H3,(H,22,26). The molecule has 27 heavy (non-hydrogen) atoms. The van der Waals surface area contributed by atoms with Crippen molar-refractivity contribution in [3.05, 3.63) is 59.7 Å². The van der Waals surface area contributed by atoms with Gasteiger partial charge in [-0.3, -0.25) is 0 Å². The van der Waals surface area contributed by atoms with Crippen molar-refractivity contribution in [3.63, 3.8) is 0 Å². The largest absolute Gasteiger partial charge is 0.504 e. The van der Waals surface area contributed by atoms with Gasteiger partial charge < -0.3 is 14.6 Å². The van der Waals surface area contributed by atoms with Crippen LogP contribution in [-0.2, 0) is 11.2 Å². The highest BCUT2D eigenvalue weighted by molar-refractivity contribution is 7.81. The third-order valence-corrected chi connectivity index (χ3v) is 5.00. The first-order valence-corrected chi connectivity index (χ1v) is 9.28. The minimum Gasteiger partial charge on any atom is -0.504 e. The summed E-state index contributed by atoms with van der Waals surface area (Å²) in [4.78, 5) is 4.57. The van der Waals surface area contributed by atoms with Gasteiger partial charge in [-0.05, 0) is 56.0 Å². The van der Waals surface area contributed by atoms with Crippen molar-refractivity contribution in [3.8, 4) is 11.6 Å². The van der Waals surface area contributed by atoms with E-state index in [1.807, 2.05) is 54.9 Å². The highest BCUT2D eigenvalue weighted by Gasteiger charge is 2.22. The Kier molecular flexibility index (Phi) is 4.07. The normalized spacial score (nSPS) is 13.5. The van der Waals surface area contributed by atoms with Crippen LogP contribution in [0.4, 0.5) is 0 Å². The molecule has 4 heterocycles. The van der Waals surface area contributed by atoms with Gasteiger partial charge in [-0.25, -0.2) is 9.50 Å². The van der Waals surface area contributed by atoms with E-state index in [0.717, 1.165) is 28.7 Å². The predicted molar refractivity (Wildman–Crippen MR) is 108 cm³/mol. The number of rotatable bonds is 4. The van der Waals surface area contributed by atoms with Gasteiger partial charge in [0, 0.05) is 18.0 Å². The molecule has 1 unspecified atom stereocenters. The molecule has 0 radical (unpaired) electrons. The molecule has 0 aliphatic heterocycles. The Morgan fingerprint density at radius 3 is 2.74 bits per heavy atom. The molecular formula is C20H22N4O2S. The van der Waals surface area contributed by atoms with Crippen molar-refractivity contribution in [2.75, 3.05) is 0 Å². The van der Waals surface area contributed by atoms with E-state index >= 15 is 0 Å². The summed E-state index contributed by atoms with van der Waals surface area (Å²) < 4.78 is 2.94. The van der Waals surface area contributed by atoms with Gasteiger partial charge in [0.05, 0.1) is 16.5 Å². The Labute approximate surface area is 162 Å². The fourth-order valence-electron chi connectivity index (χ4n) is 3.44. The molecule has 0 aliphatic rings. The second-order valence-electron chi connectivity index (χ2n) is 7.55. The smallest absolute Gasteiger partial charge is 0.232 e. The summed E-state index contributed by atoms with van der Waals surface area (Å²) in [6, 6.07) is 7.83. The highest BCUT2D eigenvalue weighted by atomic mass is 32.1. The van der Waals surface area contributed by atoms with Crippen LogP contribution >= 0.6 is 12.6 Å². The summed E-state index contributed by atoms with van der Waals surface area (Å²) in [6.45, 7) is 5.86. The minimum absolute atomic E-state index is 0.0462. The summed E-state index contributed by atoms with van der Waals surface area (Å²) in [5.41, 5.74) is 4.14. The van der Waals surface area contributed by atoms with E-state index in [1.165, 1.54) is 0 Å². The van der Waals surface area contributed by atoms with E-state index in [9.17, 15) is 10.2 Å². The van der Waals surface area contributed by atoms with Crippen LogP contribution in [0.1, 0.15) is 43.5 Å². The molecule has 0 bridgehead atoms. The molecule has 0 spiro atoms. The maximum absolute atomic E-state index is 10.3. The van der Waals surface area contributed by atoms with Crippen molar-refractivity contribution >= 4 is 23.8 Å². The summed E-state index contributed by atoms with van der Waals surface area (Å²) in [6.07, 6.45) is 6.14. The van der Waals surface area contributed by atoms with E-state index < -0.39 is 4.75 Å². The second kappa shape index (κ2) is 6.20. The zero-order chi connectivity index (χ0) is 19.3. The molecule has 2 N–H and O–H groups in total. The molecule has 4 rings (SSSR count). The molecule has 0 aromatic carbocycles. The SMILES string of the molecule is CC(Cc1cc2nc(C(C)(C)S)c(O)cn2c1)c1cc2cccn2nc1O. The summed E-state index contributed by atoms with van der Waals surface area (Å²) in [5, 5.41) is 24.7. The maximum atomic E-state index is 10.3. The van der Waals surface area contributed by atoms with E-state index in [2.05, 4.69) is 29.6 Å². The quantitative estimate of drug-likeness (QED) is 0.468. The van der Waals surface area contributed by atoms with Gasteiger partial charge in [0.1, 0.15) is 11.3 Å². The molecule has 0 saturated carbocycles. The Hall–Kier alpha value is -2.67. The van der Waals surface area contributed by atoms with Gasteiger partial charge in [-0.2, -0.15) is 12.6 Å². The number of nitrogens with zero attached hydrogens (tertiary/aromatic N) is 4. The van der Waals surface area contributed by atoms with Crippen LogP contribution in [0.3, 0.4) is 0 Å². The lowest BCUT2D eigenvalue weighted by molar-refractivity contribution is 0.430. The van der Waals surface area contributed by atoms with Gasteiger partial charge >= 0.3 is 0 Å². The number of aromatic hydroxyl groups is 2. The number of fused-ring (bicyclic) bond motifs is 2. The molecule has 4 aromatic rings. The Morgan fingerprint density at radius 1 is 1.22 bits per heavy atom. The minimum atomic E-state index is -0.534. The second-order valence-corrected chi connectivity index (χ2v) is 8.67. The zero-order valence-corrected chi connectivity index (χ0v) is 16.4. The summed E-state index contributed by atoms with van der Waals surface area (Å²) in [7, 11) is 0. The van der Waals surface area contributed by atoms with Crippen LogP contribution in [0.25, 0.3) is 11.2 Å². The van der Waals surface area contributed by atoms with Crippen LogP contribution in [0.2, 0.25) is 0 Å². The van der Waals surface area contributed by atoms with E-state index in [4.69, 9.17) is 0 Å². The van der Waals surface area contributed by atoms with Crippen molar-refractivity contribution in [2.24, 2.45) is 0 Å². The topological polar surface area (TPSA) is 75.1 Å². The Morgan fingerprint density at radius 2 is 2.00 bits per heavy atom. The first-order valence-electron chi connectivity index (χ1n) is 8.83. The van der Waals surface area contributed by atoms with Gasteiger partial charge in [-0.15, -0.1) is 5.10 Å². The van der Waals surface area contributed by atoms with Crippen LogP contribution in [0, 0.1) is 0 Å². The third-order valence-electron chi connectivity index (χ3n) is 4.79. The van der Waals surface area contributed by atoms with E-state index in [0.29, 0.717) is 5.69 Å². The van der Waals surface area contributed by atoms with Crippen molar-refractivity contribution in [1.29, 1.82) is 0 Å². The lowest BCUT2D eigenvalue weighted by atomic mass is 9.96. The molecule has 0 fully saturated rings. The van der Waals surface area contributed by atoms with Crippen LogP contribution in [0.15, 0.2) is 42.9 Å². The van der Waals surface area contributed by atoms with Gasteiger partial charge in [0.15, 0.2) is 5.75 Å². The molecule has 1 atom stereocenters. The number of thiol groups is 1. The van der Waals surface area contributed by atoms with E-state index in [1.54, 1.807) is 10.7 Å². The third kappa shape index (κ3) is 3.23. The molecular weight excluding hydrogens is 360 g/mol. The average molecular weight is 382 g/mol. The average Bonchev–Trinajstić information content (AvgIpc) is 3.17.